The summed E-state index contributed by atoms with van der Waals surface area (Å²) in [7, 11) is 0. The zero-order chi connectivity index (χ0) is 20.7. The van der Waals surface area contributed by atoms with E-state index in [9.17, 15) is 9.18 Å². The number of hydrogen-bond donors (Lipinski definition) is 0. The van der Waals surface area contributed by atoms with Crippen molar-refractivity contribution in [3.8, 4) is 16.9 Å². The molecule has 5 rings (SSSR count). The Kier molecular flexibility index (Phi) is 4.43. The van der Waals surface area contributed by atoms with Gasteiger partial charge in [0.15, 0.2) is 0 Å². The highest BCUT2D eigenvalue weighted by Crippen LogP contribution is 2.29. The standard InChI is InChI=1S/C25H20FN3O/c1-2-17-9-3-4-10-18(17)15-28-16-20-24(19-11-5-7-13-22(19)28)27-29(25(20)30)23-14-8-6-12-21(23)26/h3-14,16H,2,15H2,1H3. The highest BCUT2D eigenvalue weighted by Gasteiger charge is 2.22. The number of rotatable bonds is 4. The number of halogens is 1. The molecule has 2 heterocycles. The van der Waals surface area contributed by atoms with Gasteiger partial charge in [0.25, 0.3) is 5.56 Å². The fourth-order valence-corrected chi connectivity index (χ4v) is 4.04. The van der Waals surface area contributed by atoms with Crippen molar-refractivity contribution in [3.05, 3.63) is 106 Å². The molecule has 0 atom stereocenters. The molecule has 0 aliphatic carbocycles. The Morgan fingerprint density at radius 2 is 1.60 bits per heavy atom. The molecule has 0 radical (unpaired) electrons. The van der Waals surface area contributed by atoms with Gasteiger partial charge < -0.3 is 4.57 Å². The molecule has 2 aliphatic rings. The maximum absolute atomic E-state index is 14.3. The SMILES string of the molecule is CCc1ccccc1Cn1cc2c(=O)n(-c3ccccc3F)nc-2c2ccccc21. The van der Waals surface area contributed by atoms with Gasteiger partial charge in [-0.2, -0.15) is 9.78 Å². The van der Waals surface area contributed by atoms with Gasteiger partial charge in [-0.25, -0.2) is 4.39 Å². The normalized spacial score (nSPS) is 11.4. The monoisotopic (exact) mass is 397 g/mol. The van der Waals surface area contributed by atoms with Crippen LogP contribution in [0.25, 0.3) is 27.8 Å². The molecule has 0 spiro atoms. The van der Waals surface area contributed by atoms with E-state index < -0.39 is 5.82 Å². The number of nitrogens with zero attached hydrogens (tertiary/aromatic N) is 3. The molecule has 0 fully saturated rings. The minimum atomic E-state index is -0.475. The number of aryl methyl sites for hydroxylation is 1. The molecule has 148 valence electrons. The van der Waals surface area contributed by atoms with Crippen molar-refractivity contribution in [2.45, 2.75) is 19.9 Å². The summed E-state index contributed by atoms with van der Waals surface area (Å²) in [6.07, 6.45) is 2.78. The van der Waals surface area contributed by atoms with Gasteiger partial charge in [-0.05, 0) is 35.7 Å². The maximum Gasteiger partial charge on any atom is 0.282 e. The summed E-state index contributed by atoms with van der Waals surface area (Å²) >= 11 is 0. The van der Waals surface area contributed by atoms with E-state index in [2.05, 4.69) is 28.7 Å². The molecule has 0 N–H and O–H groups in total. The molecular formula is C25H20FN3O. The van der Waals surface area contributed by atoms with Crippen LogP contribution in [0.15, 0.2) is 83.8 Å². The lowest BCUT2D eigenvalue weighted by Gasteiger charge is -2.15. The first-order valence-electron chi connectivity index (χ1n) is 10.00. The molecule has 0 amide bonds. The lowest BCUT2D eigenvalue weighted by Crippen LogP contribution is -2.16. The van der Waals surface area contributed by atoms with Crippen LogP contribution in [0.5, 0.6) is 0 Å². The molecule has 0 bridgehead atoms. The molecule has 30 heavy (non-hydrogen) atoms. The van der Waals surface area contributed by atoms with Crippen LogP contribution in [0, 0.1) is 5.82 Å². The second-order valence-electron chi connectivity index (χ2n) is 7.33. The molecule has 5 heteroatoms. The van der Waals surface area contributed by atoms with E-state index >= 15 is 0 Å². The second kappa shape index (κ2) is 7.26. The summed E-state index contributed by atoms with van der Waals surface area (Å²) in [6, 6.07) is 22.4. The molecule has 0 saturated carbocycles. The molecule has 3 aromatic carbocycles. The highest BCUT2D eigenvalue weighted by molar-refractivity contribution is 5.93. The minimum Gasteiger partial charge on any atom is -0.342 e. The maximum atomic E-state index is 14.3. The molecule has 0 unspecified atom stereocenters. The fourth-order valence-electron chi connectivity index (χ4n) is 4.04. The molecule has 0 aromatic heterocycles. The minimum absolute atomic E-state index is 0.158. The predicted octanol–water partition coefficient (Wildman–Crippen LogP) is 5.04. The molecular weight excluding hydrogens is 377 g/mol. The lowest BCUT2D eigenvalue weighted by molar-refractivity contribution is 0.609. The third kappa shape index (κ3) is 2.90. The number of benzene rings is 3. The quantitative estimate of drug-likeness (QED) is 0.426. The van der Waals surface area contributed by atoms with Crippen LogP contribution in [-0.2, 0) is 13.0 Å². The summed E-state index contributed by atoms with van der Waals surface area (Å²) in [5.74, 6) is -0.475. The van der Waals surface area contributed by atoms with Crippen LogP contribution in [0.4, 0.5) is 4.39 Å². The number of hydrogen-bond acceptors (Lipinski definition) is 2. The highest BCUT2D eigenvalue weighted by atomic mass is 19.1. The van der Waals surface area contributed by atoms with Crippen molar-refractivity contribution in [1.82, 2.24) is 14.3 Å². The van der Waals surface area contributed by atoms with E-state index in [4.69, 9.17) is 0 Å². The van der Waals surface area contributed by atoms with Gasteiger partial charge in [0.2, 0.25) is 0 Å². The fraction of sp³-hybridized carbons (Fsp3) is 0.120. The summed E-state index contributed by atoms with van der Waals surface area (Å²) in [4.78, 5) is 13.2. The van der Waals surface area contributed by atoms with Gasteiger partial charge in [-0.1, -0.05) is 61.5 Å². The van der Waals surface area contributed by atoms with Crippen LogP contribution < -0.4 is 5.56 Å². The smallest absolute Gasteiger partial charge is 0.282 e. The van der Waals surface area contributed by atoms with E-state index in [-0.39, 0.29) is 11.2 Å². The van der Waals surface area contributed by atoms with Crippen molar-refractivity contribution >= 4 is 10.9 Å². The Morgan fingerprint density at radius 3 is 2.40 bits per heavy atom. The first-order valence-corrected chi connectivity index (χ1v) is 10.00. The van der Waals surface area contributed by atoms with Crippen LogP contribution in [0.1, 0.15) is 18.1 Å². The van der Waals surface area contributed by atoms with Crippen molar-refractivity contribution in [3.63, 3.8) is 0 Å². The predicted molar refractivity (Wildman–Crippen MR) is 117 cm³/mol. The van der Waals surface area contributed by atoms with E-state index in [0.29, 0.717) is 17.8 Å². The van der Waals surface area contributed by atoms with Gasteiger partial charge >= 0.3 is 0 Å². The second-order valence-corrected chi connectivity index (χ2v) is 7.33. The molecule has 0 saturated heterocycles. The Bertz CT molecular complexity index is 1400. The van der Waals surface area contributed by atoms with Crippen molar-refractivity contribution in [1.29, 1.82) is 0 Å². The number of pyridine rings is 1. The van der Waals surface area contributed by atoms with Gasteiger partial charge in [0, 0.05) is 18.1 Å². The van der Waals surface area contributed by atoms with Crippen molar-refractivity contribution in [2.75, 3.05) is 0 Å². The molecule has 3 aromatic rings. The number of fused-ring (bicyclic) bond motifs is 3. The number of aromatic nitrogens is 3. The zero-order valence-electron chi connectivity index (χ0n) is 16.5. The Balaban J connectivity index is 1.77. The Labute approximate surface area is 173 Å². The first kappa shape index (κ1) is 18.3. The van der Waals surface area contributed by atoms with Crippen LogP contribution in [0.3, 0.4) is 0 Å². The summed E-state index contributed by atoms with van der Waals surface area (Å²) in [5, 5.41) is 5.38. The average molecular weight is 397 g/mol. The molecule has 2 aliphatic heterocycles. The van der Waals surface area contributed by atoms with Gasteiger partial charge in [0.05, 0.1) is 11.1 Å². The largest absolute Gasteiger partial charge is 0.342 e. The van der Waals surface area contributed by atoms with E-state index in [1.165, 1.54) is 17.2 Å². The average Bonchev–Trinajstić information content (AvgIpc) is 3.11. The van der Waals surface area contributed by atoms with Crippen LogP contribution >= 0.6 is 0 Å². The summed E-state index contributed by atoms with van der Waals surface area (Å²) in [5.41, 5.74) is 4.37. The molecule has 4 nitrogen and oxygen atoms in total. The van der Waals surface area contributed by atoms with E-state index in [1.54, 1.807) is 18.2 Å². The van der Waals surface area contributed by atoms with Crippen molar-refractivity contribution < 1.29 is 4.39 Å². The third-order valence-electron chi connectivity index (χ3n) is 5.55. The Morgan fingerprint density at radius 1 is 0.900 bits per heavy atom. The Hall–Kier alpha value is -3.73. The summed E-state index contributed by atoms with van der Waals surface area (Å²) < 4.78 is 17.6. The van der Waals surface area contributed by atoms with Gasteiger partial charge in [0.1, 0.15) is 17.2 Å². The zero-order valence-corrected chi connectivity index (χ0v) is 16.5. The lowest BCUT2D eigenvalue weighted by atomic mass is 10.0. The third-order valence-corrected chi connectivity index (χ3v) is 5.55. The van der Waals surface area contributed by atoms with Gasteiger partial charge in [-0.3, -0.25) is 4.79 Å². The summed E-state index contributed by atoms with van der Waals surface area (Å²) in [6.45, 7) is 2.78. The van der Waals surface area contributed by atoms with E-state index in [0.717, 1.165) is 22.0 Å². The number of para-hydroxylation sites is 2. The first-order chi connectivity index (χ1) is 14.7. The van der Waals surface area contributed by atoms with Crippen LogP contribution in [-0.4, -0.2) is 14.3 Å². The van der Waals surface area contributed by atoms with Crippen molar-refractivity contribution in [2.24, 2.45) is 0 Å². The topological polar surface area (TPSA) is 39.8 Å². The van der Waals surface area contributed by atoms with Gasteiger partial charge in [-0.15, -0.1) is 0 Å². The van der Waals surface area contributed by atoms with Crippen LogP contribution in [0.2, 0.25) is 0 Å². The van der Waals surface area contributed by atoms with E-state index in [1.807, 2.05) is 42.6 Å².